The molecule has 1 aromatic rings. The SMILES string of the molecule is CC1(C(N)Cc2cccc(Cl)c2F)CCCC1. The van der Waals surface area contributed by atoms with Crippen LogP contribution >= 0.6 is 11.6 Å². The van der Waals surface area contributed by atoms with Crippen LogP contribution in [-0.2, 0) is 6.42 Å². The van der Waals surface area contributed by atoms with E-state index in [4.69, 9.17) is 17.3 Å². The Balaban J connectivity index is 2.12. The second-order valence-electron chi connectivity index (χ2n) is 5.38. The van der Waals surface area contributed by atoms with E-state index in [0.29, 0.717) is 12.0 Å². The van der Waals surface area contributed by atoms with Crippen molar-refractivity contribution in [3.8, 4) is 0 Å². The van der Waals surface area contributed by atoms with Crippen LogP contribution in [-0.4, -0.2) is 6.04 Å². The molecule has 1 atom stereocenters. The molecule has 1 unspecified atom stereocenters. The third-order valence-electron chi connectivity index (χ3n) is 4.11. The van der Waals surface area contributed by atoms with Gasteiger partial charge in [-0.1, -0.05) is 43.5 Å². The van der Waals surface area contributed by atoms with Crippen molar-refractivity contribution in [2.45, 2.75) is 45.1 Å². The molecule has 1 aliphatic carbocycles. The molecule has 17 heavy (non-hydrogen) atoms. The molecule has 2 N–H and O–H groups in total. The quantitative estimate of drug-likeness (QED) is 0.870. The summed E-state index contributed by atoms with van der Waals surface area (Å²) in [6, 6.07) is 5.14. The first-order valence-corrected chi connectivity index (χ1v) is 6.59. The summed E-state index contributed by atoms with van der Waals surface area (Å²) in [7, 11) is 0. The topological polar surface area (TPSA) is 26.0 Å². The molecule has 0 aliphatic heterocycles. The zero-order valence-corrected chi connectivity index (χ0v) is 10.9. The first-order chi connectivity index (χ1) is 8.03. The highest BCUT2D eigenvalue weighted by Crippen LogP contribution is 2.40. The van der Waals surface area contributed by atoms with Crippen molar-refractivity contribution in [3.63, 3.8) is 0 Å². The van der Waals surface area contributed by atoms with E-state index in [1.807, 2.05) is 0 Å². The number of nitrogens with two attached hydrogens (primary N) is 1. The summed E-state index contributed by atoms with van der Waals surface area (Å²) in [6.45, 7) is 2.22. The highest BCUT2D eigenvalue weighted by Gasteiger charge is 2.35. The predicted molar refractivity (Wildman–Crippen MR) is 69.7 cm³/mol. The second-order valence-corrected chi connectivity index (χ2v) is 5.79. The fourth-order valence-corrected chi connectivity index (χ4v) is 2.94. The van der Waals surface area contributed by atoms with Gasteiger partial charge in [-0.05, 0) is 36.3 Å². The average molecular weight is 256 g/mol. The van der Waals surface area contributed by atoms with E-state index in [2.05, 4.69) is 6.92 Å². The lowest BCUT2D eigenvalue weighted by atomic mass is 9.78. The van der Waals surface area contributed by atoms with Crippen LogP contribution in [0, 0.1) is 11.2 Å². The van der Waals surface area contributed by atoms with E-state index in [1.165, 1.54) is 12.8 Å². The molecule has 0 saturated heterocycles. The van der Waals surface area contributed by atoms with Crippen molar-refractivity contribution in [1.82, 2.24) is 0 Å². The Morgan fingerprint density at radius 1 is 1.41 bits per heavy atom. The average Bonchev–Trinajstić information content (AvgIpc) is 2.73. The Morgan fingerprint density at radius 2 is 2.06 bits per heavy atom. The maximum absolute atomic E-state index is 13.8. The van der Waals surface area contributed by atoms with Gasteiger partial charge >= 0.3 is 0 Å². The standard InChI is InChI=1S/C14H19ClFN/c1-14(7-2-3-8-14)12(17)9-10-5-4-6-11(15)13(10)16/h4-6,12H,2-3,7-9,17H2,1H3. The van der Waals surface area contributed by atoms with Crippen LogP contribution in [0.2, 0.25) is 5.02 Å². The summed E-state index contributed by atoms with van der Waals surface area (Å²) in [5, 5.41) is 0.186. The Bertz CT molecular complexity index is 399. The van der Waals surface area contributed by atoms with Gasteiger partial charge in [0.1, 0.15) is 5.82 Å². The van der Waals surface area contributed by atoms with Crippen molar-refractivity contribution >= 4 is 11.6 Å². The van der Waals surface area contributed by atoms with Crippen LogP contribution < -0.4 is 5.73 Å². The van der Waals surface area contributed by atoms with Gasteiger partial charge in [0.2, 0.25) is 0 Å². The summed E-state index contributed by atoms with van der Waals surface area (Å²) >= 11 is 5.78. The van der Waals surface area contributed by atoms with E-state index in [0.717, 1.165) is 12.8 Å². The van der Waals surface area contributed by atoms with Gasteiger partial charge in [-0.25, -0.2) is 4.39 Å². The van der Waals surface area contributed by atoms with E-state index in [9.17, 15) is 4.39 Å². The van der Waals surface area contributed by atoms with E-state index in [-0.39, 0.29) is 22.3 Å². The molecule has 1 fully saturated rings. The van der Waals surface area contributed by atoms with Crippen molar-refractivity contribution in [2.75, 3.05) is 0 Å². The molecular weight excluding hydrogens is 237 g/mol. The molecule has 0 aromatic heterocycles. The molecule has 1 aromatic carbocycles. The van der Waals surface area contributed by atoms with Gasteiger partial charge in [-0.2, -0.15) is 0 Å². The molecular formula is C14H19ClFN. The van der Waals surface area contributed by atoms with Crippen molar-refractivity contribution < 1.29 is 4.39 Å². The minimum atomic E-state index is -0.314. The van der Waals surface area contributed by atoms with Gasteiger partial charge in [0.25, 0.3) is 0 Å². The minimum Gasteiger partial charge on any atom is -0.327 e. The van der Waals surface area contributed by atoms with Gasteiger partial charge in [0, 0.05) is 6.04 Å². The normalized spacial score (nSPS) is 20.5. The summed E-state index contributed by atoms with van der Waals surface area (Å²) < 4.78 is 13.8. The first-order valence-electron chi connectivity index (χ1n) is 6.21. The van der Waals surface area contributed by atoms with Crippen LogP contribution in [0.25, 0.3) is 0 Å². The monoisotopic (exact) mass is 255 g/mol. The maximum Gasteiger partial charge on any atom is 0.145 e. The van der Waals surface area contributed by atoms with E-state index >= 15 is 0 Å². The van der Waals surface area contributed by atoms with Crippen LogP contribution in [0.15, 0.2) is 18.2 Å². The molecule has 0 radical (unpaired) electrons. The lowest BCUT2D eigenvalue weighted by molar-refractivity contribution is 0.259. The van der Waals surface area contributed by atoms with Crippen molar-refractivity contribution in [2.24, 2.45) is 11.1 Å². The van der Waals surface area contributed by atoms with Crippen LogP contribution in [0.1, 0.15) is 38.2 Å². The molecule has 0 amide bonds. The number of halogens is 2. The lowest BCUT2D eigenvalue weighted by Crippen LogP contribution is -2.39. The molecule has 0 heterocycles. The minimum absolute atomic E-state index is 0.0120. The largest absolute Gasteiger partial charge is 0.327 e. The number of hydrogen-bond acceptors (Lipinski definition) is 1. The smallest absolute Gasteiger partial charge is 0.145 e. The summed E-state index contributed by atoms with van der Waals surface area (Å²) in [4.78, 5) is 0. The van der Waals surface area contributed by atoms with Crippen molar-refractivity contribution in [1.29, 1.82) is 0 Å². The van der Waals surface area contributed by atoms with Crippen LogP contribution in [0.5, 0.6) is 0 Å². The Morgan fingerprint density at radius 3 is 2.71 bits per heavy atom. The Kier molecular flexibility index (Phi) is 3.74. The first kappa shape index (κ1) is 12.8. The summed E-state index contributed by atoms with van der Waals surface area (Å²) in [5.74, 6) is -0.314. The molecule has 2 rings (SSSR count). The molecule has 3 heteroatoms. The molecule has 0 spiro atoms. The molecule has 0 bridgehead atoms. The molecule has 1 aliphatic rings. The fraction of sp³-hybridized carbons (Fsp3) is 0.571. The molecule has 1 saturated carbocycles. The van der Waals surface area contributed by atoms with Crippen LogP contribution in [0.4, 0.5) is 4.39 Å². The molecule has 94 valence electrons. The van der Waals surface area contributed by atoms with Gasteiger partial charge in [0.15, 0.2) is 0 Å². The third kappa shape index (κ3) is 2.63. The zero-order chi connectivity index (χ0) is 12.5. The second kappa shape index (κ2) is 4.95. The Hall–Kier alpha value is -0.600. The zero-order valence-electron chi connectivity index (χ0n) is 10.2. The lowest BCUT2D eigenvalue weighted by Gasteiger charge is -2.31. The third-order valence-corrected chi connectivity index (χ3v) is 4.40. The van der Waals surface area contributed by atoms with Crippen LogP contribution in [0.3, 0.4) is 0 Å². The fourth-order valence-electron chi connectivity index (χ4n) is 2.74. The van der Waals surface area contributed by atoms with Gasteiger partial charge < -0.3 is 5.73 Å². The summed E-state index contributed by atoms with van der Waals surface area (Å²) in [6.07, 6.45) is 5.35. The van der Waals surface area contributed by atoms with E-state index in [1.54, 1.807) is 18.2 Å². The van der Waals surface area contributed by atoms with Crippen molar-refractivity contribution in [3.05, 3.63) is 34.6 Å². The Labute approximate surface area is 107 Å². The number of rotatable bonds is 3. The highest BCUT2D eigenvalue weighted by atomic mass is 35.5. The number of hydrogen-bond donors (Lipinski definition) is 1. The molecule has 1 nitrogen and oxygen atoms in total. The number of benzene rings is 1. The van der Waals surface area contributed by atoms with Gasteiger partial charge in [-0.3, -0.25) is 0 Å². The van der Waals surface area contributed by atoms with Gasteiger partial charge in [-0.15, -0.1) is 0 Å². The summed E-state index contributed by atoms with van der Waals surface area (Å²) in [5.41, 5.74) is 7.05. The highest BCUT2D eigenvalue weighted by molar-refractivity contribution is 6.30. The maximum atomic E-state index is 13.8. The van der Waals surface area contributed by atoms with Gasteiger partial charge in [0.05, 0.1) is 5.02 Å². The predicted octanol–water partition coefficient (Wildman–Crippen LogP) is 3.93. The van der Waals surface area contributed by atoms with E-state index < -0.39 is 0 Å².